The summed E-state index contributed by atoms with van der Waals surface area (Å²) in [5, 5.41) is 11.5. The van der Waals surface area contributed by atoms with E-state index in [4.69, 9.17) is 0 Å². The van der Waals surface area contributed by atoms with Gasteiger partial charge in [-0.25, -0.2) is 17.7 Å². The highest BCUT2D eigenvalue weighted by molar-refractivity contribution is 7.88. The molecule has 0 bridgehead atoms. The van der Waals surface area contributed by atoms with Crippen LogP contribution in [0.3, 0.4) is 0 Å². The molecule has 0 saturated carbocycles. The Kier molecular flexibility index (Phi) is 4.33. The van der Waals surface area contributed by atoms with Gasteiger partial charge in [-0.15, -0.1) is 0 Å². The van der Waals surface area contributed by atoms with Crippen LogP contribution in [-0.4, -0.2) is 58.3 Å². The number of hydrogen-bond acceptors (Lipinski definition) is 6. The quantitative estimate of drug-likeness (QED) is 0.724. The average Bonchev–Trinajstić information content (AvgIpc) is 3.05. The summed E-state index contributed by atoms with van der Waals surface area (Å²) in [6, 6.07) is 10.1. The van der Waals surface area contributed by atoms with E-state index in [2.05, 4.69) is 25.5 Å². The zero-order valence-corrected chi connectivity index (χ0v) is 15.2. The number of aromatic amines is 1. The molecular weight excluding hydrogens is 352 g/mol. The first-order chi connectivity index (χ1) is 12.5. The van der Waals surface area contributed by atoms with E-state index in [-0.39, 0.29) is 6.04 Å². The molecular formula is C17H20N6O2S. The fourth-order valence-corrected chi connectivity index (χ4v) is 4.09. The molecule has 0 amide bonds. The highest BCUT2D eigenvalue weighted by Crippen LogP contribution is 2.25. The molecule has 0 spiro atoms. The lowest BCUT2D eigenvalue weighted by molar-refractivity contribution is 0.331. The van der Waals surface area contributed by atoms with Crippen molar-refractivity contribution < 1.29 is 8.42 Å². The van der Waals surface area contributed by atoms with Crippen molar-refractivity contribution in [2.24, 2.45) is 0 Å². The highest BCUT2D eigenvalue weighted by Gasteiger charge is 2.25. The van der Waals surface area contributed by atoms with Crippen molar-refractivity contribution in [2.75, 3.05) is 24.7 Å². The maximum atomic E-state index is 11.6. The lowest BCUT2D eigenvalue weighted by Gasteiger charge is -2.30. The molecule has 2 aromatic heterocycles. The van der Waals surface area contributed by atoms with Crippen LogP contribution in [0.15, 0.2) is 36.5 Å². The van der Waals surface area contributed by atoms with E-state index in [1.807, 2.05) is 30.3 Å². The molecule has 9 heteroatoms. The second-order valence-electron chi connectivity index (χ2n) is 6.48. The summed E-state index contributed by atoms with van der Waals surface area (Å²) < 4.78 is 24.7. The number of benzene rings is 1. The van der Waals surface area contributed by atoms with E-state index in [1.165, 1.54) is 10.6 Å². The Morgan fingerprint density at radius 2 is 1.92 bits per heavy atom. The van der Waals surface area contributed by atoms with Crippen molar-refractivity contribution >= 4 is 27.0 Å². The number of fused-ring (bicyclic) bond motifs is 1. The largest absolute Gasteiger partial charge is 0.351 e. The number of hydrogen-bond donors (Lipinski definition) is 2. The van der Waals surface area contributed by atoms with Crippen LogP contribution in [0, 0.1) is 0 Å². The predicted molar refractivity (Wildman–Crippen MR) is 100 cm³/mol. The van der Waals surface area contributed by atoms with Gasteiger partial charge in [0.05, 0.1) is 17.3 Å². The number of anilines is 1. The van der Waals surface area contributed by atoms with E-state index < -0.39 is 10.0 Å². The third kappa shape index (κ3) is 3.40. The summed E-state index contributed by atoms with van der Waals surface area (Å²) in [6.45, 7) is 1.03. The summed E-state index contributed by atoms with van der Waals surface area (Å²) in [4.78, 5) is 8.90. The van der Waals surface area contributed by atoms with Gasteiger partial charge in [0.2, 0.25) is 16.0 Å². The number of rotatable bonds is 4. The van der Waals surface area contributed by atoms with Crippen molar-refractivity contribution in [2.45, 2.75) is 18.9 Å². The topological polar surface area (TPSA) is 104 Å². The van der Waals surface area contributed by atoms with Crippen LogP contribution in [0.4, 0.5) is 5.95 Å². The third-order valence-corrected chi connectivity index (χ3v) is 5.93. The molecule has 4 rings (SSSR count). The van der Waals surface area contributed by atoms with E-state index in [0.717, 1.165) is 29.5 Å². The van der Waals surface area contributed by atoms with Gasteiger partial charge in [-0.2, -0.15) is 10.1 Å². The number of H-pyrrole nitrogens is 1. The number of aromatic nitrogens is 4. The monoisotopic (exact) mass is 372 g/mol. The Balaban J connectivity index is 1.49. The molecule has 1 fully saturated rings. The number of nitrogens with one attached hydrogen (secondary N) is 2. The van der Waals surface area contributed by atoms with Gasteiger partial charge >= 0.3 is 0 Å². The van der Waals surface area contributed by atoms with E-state index in [0.29, 0.717) is 24.7 Å². The van der Waals surface area contributed by atoms with Gasteiger partial charge in [0.25, 0.3) is 0 Å². The first-order valence-electron chi connectivity index (χ1n) is 8.49. The molecule has 1 aliphatic heterocycles. The van der Waals surface area contributed by atoms with Crippen LogP contribution in [0.25, 0.3) is 22.3 Å². The minimum absolute atomic E-state index is 0.151. The summed E-state index contributed by atoms with van der Waals surface area (Å²) >= 11 is 0. The fraction of sp³-hybridized carbons (Fsp3) is 0.353. The summed E-state index contributed by atoms with van der Waals surface area (Å²) in [7, 11) is -3.11. The van der Waals surface area contributed by atoms with Crippen molar-refractivity contribution in [3.8, 4) is 11.3 Å². The molecule has 26 heavy (non-hydrogen) atoms. The lowest BCUT2D eigenvalue weighted by atomic mass is 10.1. The molecule has 1 aromatic carbocycles. The third-order valence-electron chi connectivity index (χ3n) is 4.63. The first kappa shape index (κ1) is 16.9. The van der Waals surface area contributed by atoms with Crippen molar-refractivity contribution in [3.63, 3.8) is 0 Å². The minimum atomic E-state index is -3.11. The highest BCUT2D eigenvalue weighted by atomic mass is 32.2. The van der Waals surface area contributed by atoms with Crippen LogP contribution in [0.1, 0.15) is 12.8 Å². The standard InChI is InChI=1S/C17H20N6O2S/c1-26(24,25)23-9-7-13(8-10-23)19-17-18-11-14-15(21-22-16(14)20-17)12-5-3-2-4-6-12/h2-6,11,13H,7-10H2,1H3,(H2,18,19,20,21,22). The molecule has 1 aliphatic rings. The zero-order valence-electron chi connectivity index (χ0n) is 14.4. The number of piperidine rings is 1. The Morgan fingerprint density at radius 3 is 2.62 bits per heavy atom. The number of sulfonamides is 1. The maximum absolute atomic E-state index is 11.6. The molecule has 0 atom stereocenters. The summed E-state index contributed by atoms with van der Waals surface area (Å²) in [6.07, 6.45) is 4.47. The SMILES string of the molecule is CS(=O)(=O)N1CCC(Nc2ncc3c(-c4ccccc4)[nH]nc3n2)CC1. The van der Waals surface area contributed by atoms with Gasteiger partial charge in [0.1, 0.15) is 0 Å². The second-order valence-corrected chi connectivity index (χ2v) is 8.46. The Morgan fingerprint density at radius 1 is 1.19 bits per heavy atom. The molecule has 2 N–H and O–H groups in total. The van der Waals surface area contributed by atoms with Gasteiger partial charge in [-0.1, -0.05) is 30.3 Å². The average molecular weight is 372 g/mol. The predicted octanol–water partition coefficient (Wildman–Crippen LogP) is 1.86. The Bertz CT molecular complexity index is 1010. The smallest absolute Gasteiger partial charge is 0.224 e. The molecule has 136 valence electrons. The Labute approximate surface area is 151 Å². The number of nitrogens with zero attached hydrogens (tertiary/aromatic N) is 4. The summed E-state index contributed by atoms with van der Waals surface area (Å²) in [5.41, 5.74) is 2.54. The molecule has 0 aliphatic carbocycles. The van der Waals surface area contributed by atoms with Crippen LogP contribution in [-0.2, 0) is 10.0 Å². The van der Waals surface area contributed by atoms with Crippen molar-refractivity contribution in [3.05, 3.63) is 36.5 Å². The van der Waals surface area contributed by atoms with Crippen LogP contribution in [0.2, 0.25) is 0 Å². The minimum Gasteiger partial charge on any atom is -0.351 e. The lowest BCUT2D eigenvalue weighted by Crippen LogP contribution is -2.42. The van der Waals surface area contributed by atoms with Gasteiger partial charge in [-0.3, -0.25) is 5.10 Å². The molecule has 3 aromatic rings. The van der Waals surface area contributed by atoms with E-state index in [9.17, 15) is 8.42 Å². The maximum Gasteiger partial charge on any atom is 0.224 e. The molecule has 0 unspecified atom stereocenters. The van der Waals surface area contributed by atoms with Crippen LogP contribution >= 0.6 is 0 Å². The molecule has 0 radical (unpaired) electrons. The molecule has 3 heterocycles. The zero-order chi connectivity index (χ0) is 18.1. The van der Waals surface area contributed by atoms with Crippen LogP contribution in [0.5, 0.6) is 0 Å². The van der Waals surface area contributed by atoms with Gasteiger partial charge < -0.3 is 5.32 Å². The van der Waals surface area contributed by atoms with Gasteiger partial charge in [0, 0.05) is 30.9 Å². The Hall–Kier alpha value is -2.52. The molecule has 1 saturated heterocycles. The summed E-state index contributed by atoms with van der Waals surface area (Å²) in [5.74, 6) is 0.515. The van der Waals surface area contributed by atoms with E-state index in [1.54, 1.807) is 6.20 Å². The van der Waals surface area contributed by atoms with Crippen LogP contribution < -0.4 is 5.32 Å². The fourth-order valence-electron chi connectivity index (χ4n) is 3.21. The van der Waals surface area contributed by atoms with E-state index >= 15 is 0 Å². The first-order valence-corrected chi connectivity index (χ1v) is 10.3. The van der Waals surface area contributed by atoms with Crippen molar-refractivity contribution in [1.82, 2.24) is 24.5 Å². The van der Waals surface area contributed by atoms with Crippen molar-refractivity contribution in [1.29, 1.82) is 0 Å². The second kappa shape index (κ2) is 6.65. The van der Waals surface area contributed by atoms with Gasteiger partial charge in [0.15, 0.2) is 5.65 Å². The normalized spacial score (nSPS) is 16.8. The van der Waals surface area contributed by atoms with Gasteiger partial charge in [-0.05, 0) is 12.8 Å². The molecule has 8 nitrogen and oxygen atoms in total.